The summed E-state index contributed by atoms with van der Waals surface area (Å²) in [6.07, 6.45) is 4.80. The summed E-state index contributed by atoms with van der Waals surface area (Å²) in [5.41, 5.74) is 6.06. The van der Waals surface area contributed by atoms with Crippen LogP contribution in [0.2, 0.25) is 0 Å². The summed E-state index contributed by atoms with van der Waals surface area (Å²) in [6, 6.07) is 0.109. The molecule has 1 atom stereocenters. The van der Waals surface area contributed by atoms with E-state index < -0.39 is 0 Å². The lowest BCUT2D eigenvalue weighted by molar-refractivity contribution is -0.119. The van der Waals surface area contributed by atoms with Gasteiger partial charge in [0.25, 0.3) is 0 Å². The fourth-order valence-electron chi connectivity index (χ4n) is 1.80. The summed E-state index contributed by atoms with van der Waals surface area (Å²) in [7, 11) is 0. The lowest BCUT2D eigenvalue weighted by Gasteiger charge is -2.20. The predicted octanol–water partition coefficient (Wildman–Crippen LogP) is 0.949. The van der Waals surface area contributed by atoms with E-state index in [4.69, 9.17) is 5.73 Å². The molecule has 1 rings (SSSR count). The fourth-order valence-corrected chi connectivity index (χ4v) is 1.80. The van der Waals surface area contributed by atoms with Gasteiger partial charge in [-0.05, 0) is 19.8 Å². The van der Waals surface area contributed by atoms with Gasteiger partial charge in [-0.25, -0.2) is 0 Å². The van der Waals surface area contributed by atoms with Gasteiger partial charge in [-0.1, -0.05) is 25.0 Å². The molecule has 0 radical (unpaired) electrons. The Morgan fingerprint density at radius 2 is 2.08 bits per heavy atom. The molecule has 13 heavy (non-hydrogen) atoms. The number of hydrogen-bond acceptors (Lipinski definition) is 2. The third-order valence-electron chi connectivity index (χ3n) is 2.53. The van der Waals surface area contributed by atoms with E-state index in [-0.39, 0.29) is 11.9 Å². The minimum Gasteiger partial charge on any atom is -0.368 e. The summed E-state index contributed by atoms with van der Waals surface area (Å²) >= 11 is 0. The minimum absolute atomic E-state index is 0.320. The maximum absolute atomic E-state index is 11.0. The molecule has 1 aliphatic rings. The van der Waals surface area contributed by atoms with Crippen LogP contribution >= 0.6 is 0 Å². The van der Waals surface area contributed by atoms with E-state index in [9.17, 15) is 4.79 Å². The van der Waals surface area contributed by atoms with E-state index in [1.807, 2.05) is 6.92 Å². The van der Waals surface area contributed by atoms with Crippen LogP contribution < -0.4 is 11.1 Å². The van der Waals surface area contributed by atoms with Crippen LogP contribution in [-0.2, 0) is 4.79 Å². The van der Waals surface area contributed by atoms with Gasteiger partial charge in [-0.15, -0.1) is 0 Å². The first-order valence-corrected chi connectivity index (χ1v) is 4.82. The van der Waals surface area contributed by atoms with Gasteiger partial charge in [0.2, 0.25) is 5.91 Å². The van der Waals surface area contributed by atoms with Crippen molar-refractivity contribution in [2.75, 3.05) is 0 Å². The lowest BCUT2D eigenvalue weighted by atomic mass is 10.1. The molecule has 0 aromatic rings. The van der Waals surface area contributed by atoms with E-state index in [1.165, 1.54) is 12.8 Å². The third-order valence-corrected chi connectivity index (χ3v) is 2.53. The Bertz CT molecular complexity index is 193. The second-order valence-electron chi connectivity index (χ2n) is 3.83. The van der Waals surface area contributed by atoms with Crippen LogP contribution in [0.5, 0.6) is 0 Å². The van der Waals surface area contributed by atoms with E-state index in [0.717, 1.165) is 18.4 Å². The molecule has 0 saturated heterocycles. The van der Waals surface area contributed by atoms with Crippen LogP contribution in [0.3, 0.4) is 0 Å². The smallest absolute Gasteiger partial charge is 0.238 e. The molecule has 1 amide bonds. The molecule has 1 unspecified atom stereocenters. The lowest BCUT2D eigenvalue weighted by Crippen LogP contribution is -2.46. The Balaban J connectivity index is 2.46. The van der Waals surface area contributed by atoms with Crippen molar-refractivity contribution in [2.24, 2.45) is 5.73 Å². The number of rotatable bonds is 4. The summed E-state index contributed by atoms with van der Waals surface area (Å²) in [6.45, 7) is 5.59. The van der Waals surface area contributed by atoms with Crippen LogP contribution in [0, 0.1) is 0 Å². The number of amides is 1. The first kappa shape index (κ1) is 10.3. The molecule has 0 bridgehead atoms. The number of carbonyl (C=O) groups excluding carboxylic acids is 1. The Labute approximate surface area is 79.4 Å². The zero-order chi connectivity index (χ0) is 9.84. The average Bonchev–Trinajstić information content (AvgIpc) is 2.50. The highest BCUT2D eigenvalue weighted by molar-refractivity contribution is 5.83. The summed E-state index contributed by atoms with van der Waals surface area (Å²) < 4.78 is 0. The topological polar surface area (TPSA) is 55.1 Å². The van der Waals surface area contributed by atoms with Gasteiger partial charge in [0, 0.05) is 6.04 Å². The summed E-state index contributed by atoms with van der Waals surface area (Å²) in [5, 5.41) is 3.24. The van der Waals surface area contributed by atoms with Crippen LogP contribution in [-0.4, -0.2) is 18.0 Å². The highest BCUT2D eigenvalue weighted by Crippen LogP contribution is 2.18. The van der Waals surface area contributed by atoms with E-state index >= 15 is 0 Å². The van der Waals surface area contributed by atoms with Crippen molar-refractivity contribution in [2.45, 2.75) is 44.7 Å². The first-order chi connectivity index (χ1) is 6.11. The van der Waals surface area contributed by atoms with Crippen molar-refractivity contribution in [3.8, 4) is 0 Å². The van der Waals surface area contributed by atoms with Gasteiger partial charge in [0.15, 0.2) is 0 Å². The van der Waals surface area contributed by atoms with Crippen molar-refractivity contribution in [3.63, 3.8) is 0 Å². The van der Waals surface area contributed by atoms with Crippen LogP contribution in [0.25, 0.3) is 0 Å². The Hall–Kier alpha value is -0.830. The van der Waals surface area contributed by atoms with Gasteiger partial charge >= 0.3 is 0 Å². The molecular formula is C10H18N2O. The molecule has 1 aliphatic carbocycles. The highest BCUT2D eigenvalue weighted by atomic mass is 16.1. The molecule has 3 heteroatoms. The van der Waals surface area contributed by atoms with Gasteiger partial charge < -0.3 is 5.73 Å². The van der Waals surface area contributed by atoms with E-state index in [1.54, 1.807) is 0 Å². The molecule has 0 aromatic carbocycles. The minimum atomic E-state index is -0.344. The number of nitrogens with two attached hydrogens (primary N) is 1. The Kier molecular flexibility index (Phi) is 3.48. The summed E-state index contributed by atoms with van der Waals surface area (Å²) in [5.74, 6) is -0.320. The van der Waals surface area contributed by atoms with Gasteiger partial charge in [0.1, 0.15) is 6.04 Å². The maximum atomic E-state index is 11.0. The van der Waals surface area contributed by atoms with Crippen LogP contribution in [0.1, 0.15) is 32.6 Å². The predicted molar refractivity (Wildman–Crippen MR) is 53.2 cm³/mol. The van der Waals surface area contributed by atoms with Crippen molar-refractivity contribution in [1.82, 2.24) is 5.32 Å². The number of carbonyl (C=O) groups is 1. The van der Waals surface area contributed by atoms with E-state index in [2.05, 4.69) is 11.9 Å². The molecule has 1 saturated carbocycles. The standard InChI is InChI=1S/C10H18N2O/c1-7(2)9(10(11)13)12-8-5-3-4-6-8/h8-9,12H,1,3-6H2,2H3,(H2,11,13). The normalized spacial score (nSPS) is 20.1. The molecule has 3 N–H and O–H groups in total. The molecule has 0 spiro atoms. The SMILES string of the molecule is C=C(C)C(NC1CCCC1)C(N)=O. The van der Waals surface area contributed by atoms with Crippen molar-refractivity contribution in [1.29, 1.82) is 0 Å². The molecule has 3 nitrogen and oxygen atoms in total. The second-order valence-corrected chi connectivity index (χ2v) is 3.83. The monoisotopic (exact) mass is 182 g/mol. The largest absolute Gasteiger partial charge is 0.368 e. The van der Waals surface area contributed by atoms with E-state index in [0.29, 0.717) is 6.04 Å². The number of nitrogens with one attached hydrogen (secondary N) is 1. The van der Waals surface area contributed by atoms with Gasteiger partial charge in [-0.3, -0.25) is 10.1 Å². The zero-order valence-electron chi connectivity index (χ0n) is 8.18. The third kappa shape index (κ3) is 2.84. The molecule has 0 aromatic heterocycles. The molecule has 0 aliphatic heterocycles. The van der Waals surface area contributed by atoms with Crippen molar-refractivity contribution < 1.29 is 4.79 Å². The molecule has 74 valence electrons. The van der Waals surface area contributed by atoms with Crippen LogP contribution in [0.15, 0.2) is 12.2 Å². The second kappa shape index (κ2) is 4.42. The number of hydrogen-bond donors (Lipinski definition) is 2. The Morgan fingerprint density at radius 3 is 2.46 bits per heavy atom. The van der Waals surface area contributed by atoms with Crippen molar-refractivity contribution in [3.05, 3.63) is 12.2 Å². The molecular weight excluding hydrogens is 164 g/mol. The molecule has 1 fully saturated rings. The Morgan fingerprint density at radius 1 is 1.54 bits per heavy atom. The number of primary amides is 1. The quantitative estimate of drug-likeness (QED) is 0.636. The van der Waals surface area contributed by atoms with Gasteiger partial charge in [-0.2, -0.15) is 0 Å². The highest BCUT2D eigenvalue weighted by Gasteiger charge is 2.22. The zero-order valence-corrected chi connectivity index (χ0v) is 8.18. The summed E-state index contributed by atoms with van der Waals surface area (Å²) in [4.78, 5) is 11.0. The van der Waals surface area contributed by atoms with Crippen molar-refractivity contribution >= 4 is 5.91 Å². The van der Waals surface area contributed by atoms with Crippen LogP contribution in [0.4, 0.5) is 0 Å². The fraction of sp³-hybridized carbons (Fsp3) is 0.700. The van der Waals surface area contributed by atoms with Gasteiger partial charge in [0.05, 0.1) is 0 Å². The average molecular weight is 182 g/mol. The molecule has 0 heterocycles. The first-order valence-electron chi connectivity index (χ1n) is 4.82. The maximum Gasteiger partial charge on any atom is 0.238 e.